The van der Waals surface area contributed by atoms with Crippen molar-refractivity contribution in [3.8, 4) is 0 Å². The molecule has 114 valence electrons. The molecule has 2 N–H and O–H groups in total. The summed E-state index contributed by atoms with van der Waals surface area (Å²) in [5.74, 6) is 0.285. The van der Waals surface area contributed by atoms with E-state index in [2.05, 4.69) is 5.32 Å². The number of carbonyl (C=O) groups is 2. The lowest BCUT2D eigenvalue weighted by molar-refractivity contribution is -0.138. The summed E-state index contributed by atoms with van der Waals surface area (Å²) >= 11 is 7.52. The minimum absolute atomic E-state index is 0.0500. The van der Waals surface area contributed by atoms with E-state index in [1.54, 1.807) is 6.07 Å². The normalized spacial score (nSPS) is 15.5. The number of carboxylic acid groups (broad SMARTS) is 1. The molecular formula is C15H18ClNO3S. The standard InChI is InChI=1S/C15H18ClNO3S/c16-12-4-2-1-3-11(12)8-17-13(18)9-21-10-15(5-6-15)7-14(19)20/h1-4H,5-10H2,(H,17,18)(H,19,20). The molecule has 1 aliphatic carbocycles. The molecular weight excluding hydrogens is 310 g/mol. The van der Waals surface area contributed by atoms with Crippen molar-refractivity contribution in [2.24, 2.45) is 5.41 Å². The second kappa shape index (κ2) is 7.18. The number of hydrogen-bond donors (Lipinski definition) is 2. The second-order valence-electron chi connectivity index (χ2n) is 5.43. The van der Waals surface area contributed by atoms with E-state index in [4.69, 9.17) is 16.7 Å². The Morgan fingerprint density at radius 2 is 2.05 bits per heavy atom. The molecule has 0 aliphatic heterocycles. The van der Waals surface area contributed by atoms with Crippen molar-refractivity contribution in [2.75, 3.05) is 11.5 Å². The highest BCUT2D eigenvalue weighted by molar-refractivity contribution is 7.99. The Morgan fingerprint density at radius 1 is 1.33 bits per heavy atom. The molecule has 0 saturated heterocycles. The first kappa shape index (κ1) is 16.2. The van der Waals surface area contributed by atoms with Crippen LogP contribution in [0.5, 0.6) is 0 Å². The minimum atomic E-state index is -0.753. The maximum atomic E-state index is 11.8. The van der Waals surface area contributed by atoms with Crippen molar-refractivity contribution >= 4 is 35.2 Å². The molecule has 0 unspecified atom stereocenters. The third kappa shape index (κ3) is 5.25. The van der Waals surface area contributed by atoms with Crippen LogP contribution in [0.25, 0.3) is 0 Å². The third-order valence-corrected chi connectivity index (χ3v) is 5.21. The summed E-state index contributed by atoms with van der Waals surface area (Å²) in [6.07, 6.45) is 2.11. The van der Waals surface area contributed by atoms with Crippen LogP contribution >= 0.6 is 23.4 Å². The summed E-state index contributed by atoms with van der Waals surface area (Å²) < 4.78 is 0. The zero-order chi connectivity index (χ0) is 15.3. The van der Waals surface area contributed by atoms with Crippen LogP contribution in [0.4, 0.5) is 0 Å². The van der Waals surface area contributed by atoms with Crippen LogP contribution in [-0.2, 0) is 16.1 Å². The fourth-order valence-corrected chi connectivity index (χ4v) is 3.53. The van der Waals surface area contributed by atoms with E-state index in [0.717, 1.165) is 24.2 Å². The van der Waals surface area contributed by atoms with Crippen LogP contribution in [0.15, 0.2) is 24.3 Å². The second-order valence-corrected chi connectivity index (χ2v) is 6.82. The monoisotopic (exact) mass is 327 g/mol. The molecule has 0 bridgehead atoms. The Morgan fingerprint density at radius 3 is 2.67 bits per heavy atom. The Balaban J connectivity index is 1.66. The zero-order valence-electron chi connectivity index (χ0n) is 11.6. The molecule has 0 radical (unpaired) electrons. The first-order valence-electron chi connectivity index (χ1n) is 6.80. The SMILES string of the molecule is O=C(O)CC1(CSCC(=O)NCc2ccccc2Cl)CC1. The summed E-state index contributed by atoms with van der Waals surface area (Å²) in [4.78, 5) is 22.5. The molecule has 1 amide bonds. The van der Waals surface area contributed by atoms with E-state index >= 15 is 0 Å². The first-order valence-corrected chi connectivity index (χ1v) is 8.34. The number of hydrogen-bond acceptors (Lipinski definition) is 3. The van der Waals surface area contributed by atoms with Gasteiger partial charge in [-0.1, -0.05) is 29.8 Å². The van der Waals surface area contributed by atoms with Gasteiger partial charge < -0.3 is 10.4 Å². The highest BCUT2D eigenvalue weighted by Gasteiger charge is 2.44. The van der Waals surface area contributed by atoms with Gasteiger partial charge in [0.2, 0.25) is 5.91 Å². The van der Waals surface area contributed by atoms with Crippen LogP contribution in [0, 0.1) is 5.41 Å². The third-order valence-electron chi connectivity index (χ3n) is 3.56. The molecule has 0 spiro atoms. The van der Waals surface area contributed by atoms with Gasteiger partial charge in [0.15, 0.2) is 0 Å². The predicted molar refractivity (Wildman–Crippen MR) is 84.5 cm³/mol. The van der Waals surface area contributed by atoms with E-state index in [9.17, 15) is 9.59 Å². The fourth-order valence-electron chi connectivity index (χ4n) is 2.12. The average Bonchev–Trinajstić information content (AvgIpc) is 3.16. The van der Waals surface area contributed by atoms with Crippen LogP contribution < -0.4 is 5.32 Å². The molecule has 0 atom stereocenters. The van der Waals surface area contributed by atoms with Gasteiger partial charge in [0.05, 0.1) is 12.2 Å². The number of benzene rings is 1. The van der Waals surface area contributed by atoms with Crippen molar-refractivity contribution in [3.63, 3.8) is 0 Å². The quantitative estimate of drug-likeness (QED) is 0.770. The van der Waals surface area contributed by atoms with Gasteiger partial charge in [-0.15, -0.1) is 0 Å². The van der Waals surface area contributed by atoms with E-state index in [-0.39, 0.29) is 17.7 Å². The van der Waals surface area contributed by atoms with Crippen LogP contribution in [0.1, 0.15) is 24.8 Å². The lowest BCUT2D eigenvalue weighted by atomic mass is 10.1. The Kier molecular flexibility index (Phi) is 5.53. The number of aliphatic carboxylic acids is 1. The van der Waals surface area contributed by atoms with Crippen molar-refractivity contribution in [3.05, 3.63) is 34.9 Å². The lowest BCUT2D eigenvalue weighted by Crippen LogP contribution is -2.25. The van der Waals surface area contributed by atoms with Gasteiger partial charge in [0.1, 0.15) is 0 Å². The maximum absolute atomic E-state index is 11.8. The number of carboxylic acids is 1. The fraction of sp³-hybridized carbons (Fsp3) is 0.467. The van der Waals surface area contributed by atoms with E-state index in [0.29, 0.717) is 17.3 Å². The van der Waals surface area contributed by atoms with Gasteiger partial charge in [-0.2, -0.15) is 11.8 Å². The molecule has 0 aromatic heterocycles. The van der Waals surface area contributed by atoms with Gasteiger partial charge in [0.25, 0.3) is 0 Å². The van der Waals surface area contributed by atoms with Crippen LogP contribution in [0.3, 0.4) is 0 Å². The minimum Gasteiger partial charge on any atom is -0.481 e. The van der Waals surface area contributed by atoms with Gasteiger partial charge in [0, 0.05) is 11.6 Å². The molecule has 21 heavy (non-hydrogen) atoms. The number of halogens is 1. The topological polar surface area (TPSA) is 66.4 Å². The first-order chi connectivity index (χ1) is 10.0. The van der Waals surface area contributed by atoms with Gasteiger partial charge in [-0.3, -0.25) is 9.59 Å². The number of carbonyl (C=O) groups excluding carboxylic acids is 1. The van der Waals surface area contributed by atoms with E-state index in [1.807, 2.05) is 18.2 Å². The molecule has 0 heterocycles. The molecule has 1 aromatic rings. The largest absolute Gasteiger partial charge is 0.481 e. The van der Waals surface area contributed by atoms with Gasteiger partial charge in [-0.05, 0) is 35.6 Å². The van der Waals surface area contributed by atoms with Crippen LogP contribution in [0.2, 0.25) is 5.02 Å². The molecule has 1 aliphatic rings. The summed E-state index contributed by atoms with van der Waals surface area (Å²) in [5, 5.41) is 12.3. The van der Waals surface area contributed by atoms with E-state index in [1.165, 1.54) is 11.8 Å². The summed E-state index contributed by atoms with van der Waals surface area (Å²) in [6, 6.07) is 7.40. The van der Waals surface area contributed by atoms with Crippen molar-refractivity contribution in [2.45, 2.75) is 25.8 Å². The molecule has 1 saturated carbocycles. The number of nitrogens with one attached hydrogen (secondary N) is 1. The highest BCUT2D eigenvalue weighted by atomic mass is 35.5. The van der Waals surface area contributed by atoms with Crippen molar-refractivity contribution in [1.82, 2.24) is 5.32 Å². The van der Waals surface area contributed by atoms with Crippen LogP contribution in [-0.4, -0.2) is 28.5 Å². The predicted octanol–water partition coefficient (Wildman–Crippen LogP) is 2.94. The average molecular weight is 328 g/mol. The molecule has 2 rings (SSSR count). The Bertz CT molecular complexity index is 531. The lowest BCUT2D eigenvalue weighted by Gasteiger charge is -2.12. The number of thioether (sulfide) groups is 1. The zero-order valence-corrected chi connectivity index (χ0v) is 13.2. The Labute approximate surface area is 133 Å². The summed E-state index contributed by atoms with van der Waals surface area (Å²) in [7, 11) is 0. The smallest absolute Gasteiger partial charge is 0.303 e. The number of amides is 1. The maximum Gasteiger partial charge on any atom is 0.303 e. The van der Waals surface area contributed by atoms with Gasteiger partial charge in [-0.25, -0.2) is 0 Å². The summed E-state index contributed by atoms with van der Waals surface area (Å²) in [6.45, 7) is 0.416. The summed E-state index contributed by atoms with van der Waals surface area (Å²) in [5.41, 5.74) is 0.821. The Hall–Kier alpha value is -1.20. The van der Waals surface area contributed by atoms with Gasteiger partial charge >= 0.3 is 5.97 Å². The molecule has 1 aromatic carbocycles. The van der Waals surface area contributed by atoms with Crippen molar-refractivity contribution < 1.29 is 14.7 Å². The van der Waals surface area contributed by atoms with Crippen molar-refractivity contribution in [1.29, 1.82) is 0 Å². The number of rotatable bonds is 8. The van der Waals surface area contributed by atoms with E-state index < -0.39 is 5.97 Å². The highest BCUT2D eigenvalue weighted by Crippen LogP contribution is 2.50. The molecule has 6 heteroatoms. The molecule has 4 nitrogen and oxygen atoms in total. The molecule has 1 fully saturated rings.